The van der Waals surface area contributed by atoms with Crippen molar-refractivity contribution in [3.8, 4) is 0 Å². The molecule has 0 radical (unpaired) electrons. The van der Waals surface area contributed by atoms with Crippen LogP contribution in [0.4, 0.5) is 5.69 Å². The van der Waals surface area contributed by atoms with E-state index in [9.17, 15) is 9.59 Å². The summed E-state index contributed by atoms with van der Waals surface area (Å²) < 4.78 is 11.7. The molecule has 0 aliphatic carbocycles. The Morgan fingerprint density at radius 2 is 1.57 bits per heavy atom. The van der Waals surface area contributed by atoms with Gasteiger partial charge in [0.25, 0.3) is 0 Å². The molecule has 0 spiro atoms. The zero-order valence-electron chi connectivity index (χ0n) is 12.4. The van der Waals surface area contributed by atoms with Crippen LogP contribution in [0.15, 0.2) is 53.9 Å². The lowest BCUT2D eigenvalue weighted by Crippen LogP contribution is -2.27. The molecule has 1 aliphatic rings. The number of carbonyl (C=O) groups is 2. The molecule has 1 aromatic rings. The fourth-order valence-electron chi connectivity index (χ4n) is 2.04. The second-order valence-electron chi connectivity index (χ2n) is 4.44. The minimum absolute atomic E-state index is 0.113. The molecule has 120 valence electrons. The van der Waals surface area contributed by atoms with Gasteiger partial charge in [0, 0.05) is 19.0 Å². The summed E-state index contributed by atoms with van der Waals surface area (Å²) in [5.74, 6) is -1.22. The van der Waals surface area contributed by atoms with E-state index in [1.54, 1.807) is 23.3 Å². The van der Waals surface area contributed by atoms with Gasteiger partial charge in [-0.15, -0.1) is 0 Å². The number of ether oxygens (including phenoxy) is 2. The molecule has 0 saturated carbocycles. The molecule has 0 N–H and O–H groups in total. The van der Waals surface area contributed by atoms with Crippen LogP contribution in [0.5, 0.6) is 0 Å². The lowest BCUT2D eigenvalue weighted by Gasteiger charge is -2.23. The van der Waals surface area contributed by atoms with Crippen LogP contribution in [-0.2, 0) is 19.1 Å². The van der Waals surface area contributed by atoms with Crippen LogP contribution in [0.3, 0.4) is 0 Å². The SMILES string of the molecule is COC(=O)C1=C(C(=O)OC)N(c2cc(I)cc(I)c2)C=CC=C1. The predicted octanol–water partition coefficient (Wildman–Crippen LogP) is 3.39. The first-order valence-corrected chi connectivity index (χ1v) is 8.64. The molecule has 0 unspecified atom stereocenters. The first-order chi connectivity index (χ1) is 11.0. The van der Waals surface area contributed by atoms with E-state index in [2.05, 4.69) is 45.2 Å². The standard InChI is InChI=1S/C16H13I2NO4/c1-22-15(20)13-5-3-4-6-19(14(13)16(21)23-2)12-8-10(17)7-11(18)9-12/h3-9H,1-2H3. The molecule has 0 bridgehead atoms. The summed E-state index contributed by atoms with van der Waals surface area (Å²) in [7, 11) is 2.55. The number of allylic oxidation sites excluding steroid dienone is 2. The monoisotopic (exact) mass is 537 g/mol. The van der Waals surface area contributed by atoms with Gasteiger partial charge >= 0.3 is 11.9 Å². The maximum Gasteiger partial charge on any atom is 0.355 e. The molecule has 5 nitrogen and oxygen atoms in total. The van der Waals surface area contributed by atoms with Gasteiger partial charge in [-0.05, 0) is 75.5 Å². The summed E-state index contributed by atoms with van der Waals surface area (Å²) in [6.07, 6.45) is 6.66. The maximum atomic E-state index is 12.3. The van der Waals surface area contributed by atoms with Crippen molar-refractivity contribution in [2.45, 2.75) is 0 Å². The average Bonchev–Trinajstić information content (AvgIpc) is 2.75. The van der Waals surface area contributed by atoms with Crippen molar-refractivity contribution in [1.82, 2.24) is 0 Å². The van der Waals surface area contributed by atoms with Gasteiger partial charge in [0.05, 0.1) is 19.8 Å². The van der Waals surface area contributed by atoms with Crippen molar-refractivity contribution < 1.29 is 19.1 Å². The number of anilines is 1. The highest BCUT2D eigenvalue weighted by atomic mass is 127. The molecule has 2 rings (SSSR count). The molecule has 1 aliphatic heterocycles. The fraction of sp³-hybridized carbons (Fsp3) is 0.125. The first-order valence-electron chi connectivity index (χ1n) is 6.49. The minimum Gasteiger partial charge on any atom is -0.465 e. The van der Waals surface area contributed by atoms with Gasteiger partial charge in [-0.2, -0.15) is 0 Å². The van der Waals surface area contributed by atoms with E-state index in [-0.39, 0.29) is 11.3 Å². The summed E-state index contributed by atoms with van der Waals surface area (Å²) in [5, 5.41) is 0. The largest absolute Gasteiger partial charge is 0.465 e. The van der Waals surface area contributed by atoms with Gasteiger partial charge in [-0.3, -0.25) is 0 Å². The van der Waals surface area contributed by atoms with Crippen LogP contribution >= 0.6 is 45.2 Å². The highest BCUT2D eigenvalue weighted by Gasteiger charge is 2.27. The highest BCUT2D eigenvalue weighted by molar-refractivity contribution is 14.1. The summed E-state index contributed by atoms with van der Waals surface area (Å²) >= 11 is 4.40. The van der Waals surface area contributed by atoms with Crippen LogP contribution in [0.1, 0.15) is 0 Å². The lowest BCUT2D eigenvalue weighted by atomic mass is 10.1. The Hall–Kier alpha value is -1.36. The van der Waals surface area contributed by atoms with Gasteiger partial charge in [-0.1, -0.05) is 6.08 Å². The van der Waals surface area contributed by atoms with Gasteiger partial charge < -0.3 is 14.4 Å². The lowest BCUT2D eigenvalue weighted by molar-refractivity contribution is -0.139. The van der Waals surface area contributed by atoms with E-state index in [0.717, 1.165) is 12.8 Å². The van der Waals surface area contributed by atoms with Crippen LogP contribution < -0.4 is 4.90 Å². The van der Waals surface area contributed by atoms with Crippen molar-refractivity contribution in [2.24, 2.45) is 0 Å². The Bertz CT molecular complexity index is 717. The molecular weight excluding hydrogens is 524 g/mol. The van der Waals surface area contributed by atoms with Gasteiger partial charge in [-0.25, -0.2) is 9.59 Å². The number of carbonyl (C=O) groups excluding carboxylic acids is 2. The predicted molar refractivity (Wildman–Crippen MR) is 104 cm³/mol. The van der Waals surface area contributed by atoms with E-state index >= 15 is 0 Å². The zero-order chi connectivity index (χ0) is 17.0. The molecular formula is C16H13I2NO4. The number of benzene rings is 1. The molecule has 0 fully saturated rings. The van der Waals surface area contributed by atoms with E-state index in [1.807, 2.05) is 18.2 Å². The topological polar surface area (TPSA) is 55.8 Å². The van der Waals surface area contributed by atoms with Gasteiger partial charge in [0.1, 0.15) is 5.70 Å². The van der Waals surface area contributed by atoms with E-state index in [1.165, 1.54) is 20.3 Å². The van der Waals surface area contributed by atoms with Crippen LogP contribution in [-0.4, -0.2) is 26.2 Å². The molecule has 7 heteroatoms. The van der Waals surface area contributed by atoms with Crippen LogP contribution in [0, 0.1) is 7.14 Å². The number of hydrogen-bond donors (Lipinski definition) is 0. The van der Waals surface area contributed by atoms with Crippen molar-refractivity contribution in [2.75, 3.05) is 19.1 Å². The number of nitrogens with zero attached hydrogens (tertiary/aromatic N) is 1. The molecule has 0 atom stereocenters. The van der Waals surface area contributed by atoms with E-state index < -0.39 is 11.9 Å². The molecule has 23 heavy (non-hydrogen) atoms. The summed E-state index contributed by atoms with van der Waals surface area (Å²) in [6.45, 7) is 0. The van der Waals surface area contributed by atoms with Crippen LogP contribution in [0.25, 0.3) is 0 Å². The highest BCUT2D eigenvalue weighted by Crippen LogP contribution is 2.29. The van der Waals surface area contributed by atoms with Crippen molar-refractivity contribution in [1.29, 1.82) is 0 Å². The minimum atomic E-state index is -0.615. The number of esters is 2. The van der Waals surface area contributed by atoms with Gasteiger partial charge in [0.15, 0.2) is 0 Å². The second-order valence-corrected chi connectivity index (χ2v) is 6.93. The van der Waals surface area contributed by atoms with E-state index in [0.29, 0.717) is 0 Å². The van der Waals surface area contributed by atoms with Crippen LogP contribution in [0.2, 0.25) is 0 Å². The summed E-state index contributed by atoms with van der Waals surface area (Å²) in [5.41, 5.74) is 1.00. The number of rotatable bonds is 3. The summed E-state index contributed by atoms with van der Waals surface area (Å²) in [6, 6.07) is 5.83. The second kappa shape index (κ2) is 7.95. The molecule has 1 heterocycles. The van der Waals surface area contributed by atoms with Gasteiger partial charge in [0.2, 0.25) is 0 Å². The Balaban J connectivity index is 2.68. The number of halogens is 2. The molecule has 0 aromatic heterocycles. The third kappa shape index (κ3) is 4.14. The third-order valence-corrected chi connectivity index (χ3v) is 4.26. The molecule has 0 amide bonds. The Morgan fingerprint density at radius 3 is 2.13 bits per heavy atom. The average molecular weight is 537 g/mol. The molecule has 1 aromatic carbocycles. The third-order valence-electron chi connectivity index (χ3n) is 3.01. The van der Waals surface area contributed by atoms with Crippen molar-refractivity contribution >= 4 is 62.8 Å². The van der Waals surface area contributed by atoms with E-state index in [4.69, 9.17) is 9.47 Å². The first kappa shape index (κ1) is 18.0. The summed E-state index contributed by atoms with van der Waals surface area (Å²) in [4.78, 5) is 26.0. The Kier molecular flexibility index (Phi) is 6.22. The molecule has 0 saturated heterocycles. The van der Waals surface area contributed by atoms with Crippen molar-refractivity contribution in [3.63, 3.8) is 0 Å². The Labute approximate surface area is 161 Å². The Morgan fingerprint density at radius 1 is 0.957 bits per heavy atom. The smallest absolute Gasteiger partial charge is 0.355 e. The number of hydrogen-bond acceptors (Lipinski definition) is 5. The van der Waals surface area contributed by atoms with Crippen molar-refractivity contribution in [3.05, 3.63) is 61.0 Å². The fourth-order valence-corrected chi connectivity index (χ4v) is 3.95. The number of methoxy groups -OCH3 is 2. The maximum absolute atomic E-state index is 12.3. The zero-order valence-corrected chi connectivity index (χ0v) is 16.7. The quantitative estimate of drug-likeness (QED) is 0.438. The normalized spacial score (nSPS) is 13.8.